The second-order valence-electron chi connectivity index (χ2n) is 8.44. The molecule has 4 rings (SSSR count). The average molecular weight is 425 g/mol. The van der Waals surface area contributed by atoms with Crippen molar-refractivity contribution in [3.8, 4) is 5.75 Å². The van der Waals surface area contributed by atoms with Gasteiger partial charge in [-0.05, 0) is 68.4 Å². The normalized spacial score (nSPS) is 21.0. The van der Waals surface area contributed by atoms with Crippen molar-refractivity contribution in [3.63, 3.8) is 0 Å². The third-order valence-electron chi connectivity index (χ3n) is 6.29. The zero-order valence-corrected chi connectivity index (χ0v) is 18.2. The lowest BCUT2D eigenvalue weighted by Gasteiger charge is -2.36. The average Bonchev–Trinajstić information content (AvgIpc) is 3.33. The van der Waals surface area contributed by atoms with Crippen LogP contribution in [0.25, 0.3) is 0 Å². The number of hydrogen-bond donors (Lipinski definition) is 2. The molecule has 166 valence electrons. The largest absolute Gasteiger partial charge is 0.497 e. The molecule has 1 saturated heterocycles. The molecule has 2 aliphatic rings. The van der Waals surface area contributed by atoms with E-state index in [1.807, 2.05) is 41.3 Å². The quantitative estimate of drug-likeness (QED) is 0.732. The van der Waals surface area contributed by atoms with E-state index in [2.05, 4.69) is 15.2 Å². The molecule has 2 N–H and O–H groups in total. The number of aromatic nitrogens is 1. The number of carbonyl (C=O) groups is 1. The molecular formula is C24H32N4O3. The molecule has 0 bridgehead atoms. The molecule has 1 aliphatic carbocycles. The van der Waals surface area contributed by atoms with Gasteiger partial charge in [0, 0.05) is 31.9 Å². The third-order valence-corrected chi connectivity index (χ3v) is 6.29. The predicted molar refractivity (Wildman–Crippen MR) is 122 cm³/mol. The molecule has 7 heteroatoms. The van der Waals surface area contributed by atoms with Crippen LogP contribution < -0.4 is 15.0 Å². The van der Waals surface area contributed by atoms with Gasteiger partial charge in [-0.1, -0.05) is 12.1 Å². The molecule has 0 spiro atoms. The molecule has 1 aromatic carbocycles. The molecule has 2 fully saturated rings. The van der Waals surface area contributed by atoms with Crippen molar-refractivity contribution < 1.29 is 14.6 Å². The van der Waals surface area contributed by atoms with Crippen LogP contribution in [0.1, 0.15) is 44.1 Å². The number of methoxy groups -OCH3 is 1. The van der Waals surface area contributed by atoms with Gasteiger partial charge in [-0.3, -0.25) is 0 Å². The number of aliphatic hydroxyl groups excluding tert-OH is 1. The number of nitrogens with one attached hydrogen (secondary N) is 1. The van der Waals surface area contributed by atoms with Crippen molar-refractivity contribution in [1.82, 2.24) is 9.88 Å². The first kappa shape index (κ1) is 21.4. The van der Waals surface area contributed by atoms with Crippen LogP contribution in [0.4, 0.5) is 16.3 Å². The predicted octanol–water partition coefficient (Wildman–Crippen LogP) is 4.03. The number of hydrogen-bond acceptors (Lipinski definition) is 5. The van der Waals surface area contributed by atoms with Crippen LogP contribution in [0.2, 0.25) is 0 Å². The van der Waals surface area contributed by atoms with Gasteiger partial charge < -0.3 is 25.0 Å². The second-order valence-corrected chi connectivity index (χ2v) is 8.44. The summed E-state index contributed by atoms with van der Waals surface area (Å²) in [6.45, 7) is 2.42. The fourth-order valence-electron chi connectivity index (χ4n) is 4.57. The van der Waals surface area contributed by atoms with E-state index in [0.29, 0.717) is 6.54 Å². The van der Waals surface area contributed by atoms with Gasteiger partial charge in [0.15, 0.2) is 5.82 Å². The van der Waals surface area contributed by atoms with Gasteiger partial charge in [0.2, 0.25) is 0 Å². The lowest BCUT2D eigenvalue weighted by Crippen LogP contribution is -2.44. The Balaban J connectivity index is 1.55. The number of amides is 2. The monoisotopic (exact) mass is 424 g/mol. The van der Waals surface area contributed by atoms with E-state index in [1.165, 1.54) is 0 Å². The maximum atomic E-state index is 13.5. The first-order valence-electron chi connectivity index (χ1n) is 11.2. The van der Waals surface area contributed by atoms with E-state index >= 15 is 0 Å². The highest BCUT2D eigenvalue weighted by molar-refractivity contribution is 5.92. The van der Waals surface area contributed by atoms with Gasteiger partial charge in [0.05, 0.1) is 18.9 Å². The number of anilines is 2. The summed E-state index contributed by atoms with van der Waals surface area (Å²) in [6, 6.07) is 11.6. The summed E-state index contributed by atoms with van der Waals surface area (Å²) in [6.07, 6.45) is 6.84. The Labute approximate surface area is 184 Å². The molecule has 1 aromatic heterocycles. The van der Waals surface area contributed by atoms with Crippen LogP contribution >= 0.6 is 0 Å². The molecule has 2 heterocycles. The molecule has 7 nitrogen and oxygen atoms in total. The van der Waals surface area contributed by atoms with Crippen molar-refractivity contribution in [3.05, 3.63) is 48.2 Å². The highest BCUT2D eigenvalue weighted by Gasteiger charge is 2.29. The number of rotatable bonds is 6. The van der Waals surface area contributed by atoms with Crippen LogP contribution in [0, 0.1) is 0 Å². The maximum Gasteiger partial charge on any atom is 0.322 e. The summed E-state index contributed by atoms with van der Waals surface area (Å²) >= 11 is 0. The summed E-state index contributed by atoms with van der Waals surface area (Å²) in [4.78, 5) is 22.2. The molecule has 1 saturated carbocycles. The molecule has 0 unspecified atom stereocenters. The fourth-order valence-corrected chi connectivity index (χ4v) is 4.57. The number of nitrogens with zero attached hydrogens (tertiary/aromatic N) is 3. The van der Waals surface area contributed by atoms with E-state index < -0.39 is 0 Å². The van der Waals surface area contributed by atoms with E-state index in [0.717, 1.165) is 74.4 Å². The second kappa shape index (κ2) is 10.0. The first-order valence-corrected chi connectivity index (χ1v) is 11.2. The van der Waals surface area contributed by atoms with Crippen molar-refractivity contribution in [2.24, 2.45) is 0 Å². The van der Waals surface area contributed by atoms with Crippen molar-refractivity contribution >= 4 is 17.5 Å². The van der Waals surface area contributed by atoms with Gasteiger partial charge in [-0.25, -0.2) is 9.78 Å². The van der Waals surface area contributed by atoms with E-state index in [4.69, 9.17) is 4.74 Å². The molecule has 0 atom stereocenters. The minimum Gasteiger partial charge on any atom is -0.497 e. The standard InChI is InChI=1S/C24H32N4O3/c1-31-21-7-4-6-18(16-21)17-28(19-9-11-20(29)12-10-19)24(30)26-22-8-5-13-25-23(22)27-14-2-3-15-27/h4-8,13,16,19-20,29H,2-3,9-12,14-15,17H2,1H3,(H,26,30). The summed E-state index contributed by atoms with van der Waals surface area (Å²) in [5.74, 6) is 1.62. The Kier molecular flexibility index (Phi) is 6.92. The Morgan fingerprint density at radius 1 is 1.19 bits per heavy atom. The maximum absolute atomic E-state index is 13.5. The van der Waals surface area contributed by atoms with Crippen LogP contribution in [0.15, 0.2) is 42.6 Å². The van der Waals surface area contributed by atoms with E-state index in [9.17, 15) is 9.90 Å². The third kappa shape index (κ3) is 5.28. The number of aliphatic hydroxyl groups is 1. The van der Waals surface area contributed by atoms with Crippen molar-refractivity contribution in [2.45, 2.75) is 57.2 Å². The lowest BCUT2D eigenvalue weighted by atomic mass is 9.92. The van der Waals surface area contributed by atoms with Crippen LogP contribution in [-0.2, 0) is 6.54 Å². The molecule has 0 radical (unpaired) electrons. The SMILES string of the molecule is COc1cccc(CN(C(=O)Nc2cccnc2N2CCCC2)C2CCC(O)CC2)c1. The minimum atomic E-state index is -0.266. The topological polar surface area (TPSA) is 77.9 Å². The van der Waals surface area contributed by atoms with Gasteiger partial charge in [0.25, 0.3) is 0 Å². The van der Waals surface area contributed by atoms with Crippen molar-refractivity contribution in [1.29, 1.82) is 0 Å². The minimum absolute atomic E-state index is 0.0847. The summed E-state index contributed by atoms with van der Waals surface area (Å²) < 4.78 is 5.36. The number of ether oxygens (including phenoxy) is 1. The highest BCUT2D eigenvalue weighted by Crippen LogP contribution is 2.29. The first-order chi connectivity index (χ1) is 15.1. The number of pyridine rings is 1. The summed E-state index contributed by atoms with van der Waals surface area (Å²) in [5, 5.41) is 13.1. The smallest absolute Gasteiger partial charge is 0.322 e. The van der Waals surface area contributed by atoms with Gasteiger partial charge in [-0.15, -0.1) is 0 Å². The van der Waals surface area contributed by atoms with Crippen LogP contribution in [0.5, 0.6) is 5.75 Å². The molecule has 31 heavy (non-hydrogen) atoms. The van der Waals surface area contributed by atoms with Gasteiger partial charge in [-0.2, -0.15) is 0 Å². The number of benzene rings is 1. The lowest BCUT2D eigenvalue weighted by molar-refractivity contribution is 0.0849. The molecule has 2 aromatic rings. The Morgan fingerprint density at radius 3 is 2.71 bits per heavy atom. The van der Waals surface area contributed by atoms with Crippen molar-refractivity contribution in [2.75, 3.05) is 30.4 Å². The Morgan fingerprint density at radius 2 is 1.97 bits per heavy atom. The van der Waals surface area contributed by atoms with Gasteiger partial charge >= 0.3 is 6.03 Å². The highest BCUT2D eigenvalue weighted by atomic mass is 16.5. The zero-order valence-electron chi connectivity index (χ0n) is 18.2. The molecular weight excluding hydrogens is 392 g/mol. The van der Waals surface area contributed by atoms with Crippen LogP contribution in [-0.4, -0.2) is 53.4 Å². The zero-order chi connectivity index (χ0) is 21.6. The van der Waals surface area contributed by atoms with E-state index in [1.54, 1.807) is 13.3 Å². The summed E-state index contributed by atoms with van der Waals surface area (Å²) in [7, 11) is 1.65. The number of carbonyl (C=O) groups excluding carboxylic acids is 1. The van der Waals surface area contributed by atoms with Gasteiger partial charge in [0.1, 0.15) is 5.75 Å². The van der Waals surface area contributed by atoms with Crippen LogP contribution in [0.3, 0.4) is 0 Å². The Bertz CT molecular complexity index is 877. The Hall–Kier alpha value is -2.80. The molecule has 2 amide bonds. The summed E-state index contributed by atoms with van der Waals surface area (Å²) in [5.41, 5.74) is 1.77. The van der Waals surface area contributed by atoms with E-state index in [-0.39, 0.29) is 18.2 Å². The molecule has 1 aliphatic heterocycles. The number of urea groups is 1. The fraction of sp³-hybridized carbons (Fsp3) is 0.500.